The van der Waals surface area contributed by atoms with Crippen LogP contribution in [0.3, 0.4) is 0 Å². The molecule has 34 heavy (non-hydrogen) atoms. The largest absolute Gasteiger partial charge is 0.378 e. The number of anilines is 2. The number of benzene rings is 2. The van der Waals surface area contributed by atoms with Crippen LogP contribution in [-0.2, 0) is 13.6 Å². The summed E-state index contributed by atoms with van der Waals surface area (Å²) in [5, 5.41) is 15.1. The summed E-state index contributed by atoms with van der Waals surface area (Å²) >= 11 is 0. The van der Waals surface area contributed by atoms with Gasteiger partial charge in [-0.2, -0.15) is 0 Å². The van der Waals surface area contributed by atoms with Gasteiger partial charge in [-0.25, -0.2) is 9.97 Å². The van der Waals surface area contributed by atoms with E-state index in [2.05, 4.69) is 54.9 Å². The molecule has 0 bridgehead atoms. The Morgan fingerprint density at radius 2 is 1.97 bits per heavy atom. The SMILES string of the molecule is CN1CC[C@H](NC(=O)c2cccc(NCc3nnc(-c4ccncn4)n3C)c2)c2ccccc21. The lowest BCUT2D eigenvalue weighted by molar-refractivity contribution is 0.0934. The van der Waals surface area contributed by atoms with Crippen molar-refractivity contribution < 1.29 is 4.79 Å². The third-order valence-electron chi connectivity index (χ3n) is 6.13. The van der Waals surface area contributed by atoms with Gasteiger partial charge in [-0.05, 0) is 42.3 Å². The Morgan fingerprint density at radius 1 is 1.09 bits per heavy atom. The van der Waals surface area contributed by atoms with Crippen molar-refractivity contribution in [2.75, 3.05) is 23.8 Å². The van der Waals surface area contributed by atoms with Crippen LogP contribution in [0.15, 0.2) is 67.1 Å². The molecule has 172 valence electrons. The maximum atomic E-state index is 13.1. The summed E-state index contributed by atoms with van der Waals surface area (Å²) in [5.41, 5.74) is 4.48. The molecule has 3 heterocycles. The van der Waals surface area contributed by atoms with Crippen LogP contribution in [0.1, 0.15) is 34.2 Å². The molecule has 0 saturated carbocycles. The van der Waals surface area contributed by atoms with Gasteiger partial charge in [-0.15, -0.1) is 10.2 Å². The first-order valence-corrected chi connectivity index (χ1v) is 11.2. The average molecular weight is 455 g/mol. The highest BCUT2D eigenvalue weighted by Crippen LogP contribution is 2.32. The standard InChI is InChI=1S/C25H26N8O/c1-32-13-11-20(19-8-3-4-9-22(19)32)29-25(34)17-6-5-7-18(14-17)27-15-23-30-31-24(33(23)2)21-10-12-26-16-28-21/h3-10,12,14,16,20,27H,11,13,15H2,1-2H3,(H,29,34)/t20-/m0/s1. The molecule has 0 radical (unpaired) electrons. The van der Waals surface area contributed by atoms with Crippen molar-refractivity contribution in [3.05, 3.63) is 84.1 Å². The van der Waals surface area contributed by atoms with E-state index in [4.69, 9.17) is 0 Å². The number of fused-ring (bicyclic) bond motifs is 1. The smallest absolute Gasteiger partial charge is 0.251 e. The van der Waals surface area contributed by atoms with Crippen LogP contribution in [0.5, 0.6) is 0 Å². The second-order valence-electron chi connectivity index (χ2n) is 8.32. The van der Waals surface area contributed by atoms with Gasteiger partial charge in [0.25, 0.3) is 5.91 Å². The normalized spacial score (nSPS) is 15.0. The van der Waals surface area contributed by atoms with Crippen LogP contribution >= 0.6 is 0 Å². The van der Waals surface area contributed by atoms with Crippen LogP contribution in [0.4, 0.5) is 11.4 Å². The number of amides is 1. The van der Waals surface area contributed by atoms with Crippen LogP contribution in [0, 0.1) is 0 Å². The quantitative estimate of drug-likeness (QED) is 0.461. The summed E-state index contributed by atoms with van der Waals surface area (Å²) in [6.07, 6.45) is 4.04. The fourth-order valence-electron chi connectivity index (χ4n) is 4.23. The molecule has 2 aromatic carbocycles. The second kappa shape index (κ2) is 9.30. The Morgan fingerprint density at radius 3 is 2.82 bits per heavy atom. The van der Waals surface area contributed by atoms with E-state index in [9.17, 15) is 4.79 Å². The zero-order chi connectivity index (χ0) is 23.5. The molecule has 2 N–H and O–H groups in total. The second-order valence-corrected chi connectivity index (χ2v) is 8.32. The lowest BCUT2D eigenvalue weighted by Crippen LogP contribution is -2.36. The van der Waals surface area contributed by atoms with Crippen LogP contribution in [0.2, 0.25) is 0 Å². The number of carbonyl (C=O) groups excluding carboxylic acids is 1. The Bertz CT molecular complexity index is 1300. The first-order chi connectivity index (χ1) is 16.6. The van der Waals surface area contributed by atoms with Gasteiger partial charge >= 0.3 is 0 Å². The lowest BCUT2D eigenvalue weighted by atomic mass is 9.96. The van der Waals surface area contributed by atoms with E-state index in [1.807, 2.05) is 48.0 Å². The van der Waals surface area contributed by atoms with Crippen molar-refractivity contribution in [1.29, 1.82) is 0 Å². The third-order valence-corrected chi connectivity index (χ3v) is 6.13. The van der Waals surface area contributed by atoms with Gasteiger partial charge in [0.15, 0.2) is 11.6 Å². The molecule has 0 spiro atoms. The predicted octanol–water partition coefficient (Wildman–Crippen LogP) is 3.20. The molecule has 0 unspecified atom stereocenters. The Kier molecular flexibility index (Phi) is 5.90. The number of rotatable bonds is 6. The Hall–Kier alpha value is -4.27. The summed E-state index contributed by atoms with van der Waals surface area (Å²) in [6, 6.07) is 17.5. The van der Waals surface area contributed by atoms with Gasteiger partial charge in [0.2, 0.25) is 0 Å². The van der Waals surface area contributed by atoms with Crippen molar-refractivity contribution in [1.82, 2.24) is 30.0 Å². The molecule has 2 aromatic heterocycles. The van der Waals surface area contributed by atoms with Crippen LogP contribution < -0.4 is 15.5 Å². The van der Waals surface area contributed by atoms with Crippen molar-refractivity contribution in [3.8, 4) is 11.5 Å². The zero-order valence-corrected chi connectivity index (χ0v) is 19.1. The summed E-state index contributed by atoms with van der Waals surface area (Å²) < 4.78 is 1.89. The number of nitrogens with zero attached hydrogens (tertiary/aromatic N) is 6. The van der Waals surface area contributed by atoms with E-state index in [1.165, 1.54) is 12.0 Å². The van der Waals surface area contributed by atoms with Gasteiger partial charge in [-0.1, -0.05) is 24.3 Å². The van der Waals surface area contributed by atoms with E-state index in [0.29, 0.717) is 23.6 Å². The summed E-state index contributed by atoms with van der Waals surface area (Å²) in [5.74, 6) is 1.34. The monoisotopic (exact) mass is 454 g/mol. The first kappa shape index (κ1) is 21.6. The highest BCUT2D eigenvalue weighted by molar-refractivity contribution is 5.95. The number of hydrogen-bond acceptors (Lipinski definition) is 7. The lowest BCUT2D eigenvalue weighted by Gasteiger charge is -2.33. The zero-order valence-electron chi connectivity index (χ0n) is 19.1. The van der Waals surface area contributed by atoms with E-state index in [-0.39, 0.29) is 11.9 Å². The topological polar surface area (TPSA) is 101 Å². The number of carbonyl (C=O) groups is 1. The maximum absolute atomic E-state index is 13.1. The molecule has 1 aliphatic heterocycles. The van der Waals surface area contributed by atoms with Crippen LogP contribution in [0.25, 0.3) is 11.5 Å². The fraction of sp³-hybridized carbons (Fsp3) is 0.240. The molecule has 5 rings (SSSR count). The highest BCUT2D eigenvalue weighted by Gasteiger charge is 2.24. The van der Waals surface area contributed by atoms with E-state index >= 15 is 0 Å². The summed E-state index contributed by atoms with van der Waals surface area (Å²) in [6.45, 7) is 1.36. The van der Waals surface area contributed by atoms with Gasteiger partial charge in [0.05, 0.1) is 12.6 Å². The molecule has 4 aromatic rings. The number of nitrogens with one attached hydrogen (secondary N) is 2. The number of aromatic nitrogens is 5. The minimum absolute atomic E-state index is 0.00428. The summed E-state index contributed by atoms with van der Waals surface area (Å²) in [4.78, 5) is 23.5. The third kappa shape index (κ3) is 4.32. The van der Waals surface area contributed by atoms with Gasteiger partial charge in [0.1, 0.15) is 12.0 Å². The number of hydrogen-bond donors (Lipinski definition) is 2. The molecular formula is C25H26N8O. The Balaban J connectivity index is 1.26. The molecule has 1 atom stereocenters. The van der Waals surface area contributed by atoms with Crippen molar-refractivity contribution in [2.24, 2.45) is 7.05 Å². The highest BCUT2D eigenvalue weighted by atomic mass is 16.1. The van der Waals surface area contributed by atoms with E-state index in [0.717, 1.165) is 30.0 Å². The van der Waals surface area contributed by atoms with Crippen LogP contribution in [-0.4, -0.2) is 44.2 Å². The van der Waals surface area contributed by atoms with Gasteiger partial charge in [-0.3, -0.25) is 4.79 Å². The molecule has 9 heteroatoms. The molecule has 1 amide bonds. The molecule has 1 aliphatic rings. The average Bonchev–Trinajstić information content (AvgIpc) is 3.25. The molecule has 0 fully saturated rings. The van der Waals surface area contributed by atoms with Gasteiger partial charge in [0, 0.05) is 43.8 Å². The predicted molar refractivity (Wildman–Crippen MR) is 130 cm³/mol. The number of para-hydroxylation sites is 1. The maximum Gasteiger partial charge on any atom is 0.251 e. The minimum atomic E-state index is -0.0855. The van der Waals surface area contributed by atoms with Gasteiger partial charge < -0.3 is 20.1 Å². The fourth-order valence-corrected chi connectivity index (χ4v) is 4.23. The molecule has 0 aliphatic carbocycles. The minimum Gasteiger partial charge on any atom is -0.378 e. The Labute approximate surface area is 197 Å². The first-order valence-electron chi connectivity index (χ1n) is 11.2. The molecule has 9 nitrogen and oxygen atoms in total. The molecule has 0 saturated heterocycles. The summed E-state index contributed by atoms with van der Waals surface area (Å²) in [7, 11) is 3.98. The van der Waals surface area contributed by atoms with E-state index in [1.54, 1.807) is 12.3 Å². The van der Waals surface area contributed by atoms with Crippen molar-refractivity contribution in [3.63, 3.8) is 0 Å². The van der Waals surface area contributed by atoms with Crippen molar-refractivity contribution in [2.45, 2.75) is 19.0 Å². The molecular weight excluding hydrogens is 428 g/mol. The van der Waals surface area contributed by atoms with E-state index < -0.39 is 0 Å². The van der Waals surface area contributed by atoms with Crippen molar-refractivity contribution >= 4 is 17.3 Å².